The molecule has 0 aromatic carbocycles. The standard InChI is InChI=1S/C11H8ClN3O3S/c12-8-3-6(1-2-13-8)10(16)14-4-9-15-7(5-19-9)11(17)18/h1-3,5H,4H2,(H,14,16)(H,17,18). The number of thiazole rings is 1. The zero-order chi connectivity index (χ0) is 13.8. The molecule has 0 aliphatic heterocycles. The molecule has 0 atom stereocenters. The lowest BCUT2D eigenvalue weighted by atomic mass is 10.2. The number of halogens is 1. The highest BCUT2D eigenvalue weighted by atomic mass is 35.5. The van der Waals surface area contributed by atoms with E-state index < -0.39 is 5.97 Å². The number of amides is 1. The fourth-order valence-corrected chi connectivity index (χ4v) is 2.17. The molecule has 6 nitrogen and oxygen atoms in total. The quantitative estimate of drug-likeness (QED) is 0.840. The maximum Gasteiger partial charge on any atom is 0.355 e. The third-order valence-corrected chi connectivity index (χ3v) is 3.22. The van der Waals surface area contributed by atoms with Crippen molar-refractivity contribution in [3.63, 3.8) is 0 Å². The number of carboxylic acid groups (broad SMARTS) is 1. The van der Waals surface area contributed by atoms with Gasteiger partial charge in [0.05, 0.1) is 6.54 Å². The first kappa shape index (κ1) is 13.4. The van der Waals surface area contributed by atoms with Crippen molar-refractivity contribution >= 4 is 34.8 Å². The summed E-state index contributed by atoms with van der Waals surface area (Å²) in [7, 11) is 0. The fourth-order valence-electron chi connectivity index (χ4n) is 1.29. The van der Waals surface area contributed by atoms with Crippen LogP contribution in [-0.2, 0) is 6.54 Å². The van der Waals surface area contributed by atoms with Crippen LogP contribution in [-0.4, -0.2) is 27.0 Å². The number of pyridine rings is 1. The number of carbonyl (C=O) groups is 2. The molecule has 0 aliphatic carbocycles. The van der Waals surface area contributed by atoms with Gasteiger partial charge in [-0.05, 0) is 12.1 Å². The lowest BCUT2D eigenvalue weighted by Crippen LogP contribution is -2.22. The van der Waals surface area contributed by atoms with E-state index in [1.54, 1.807) is 0 Å². The summed E-state index contributed by atoms with van der Waals surface area (Å²) in [4.78, 5) is 30.1. The molecule has 0 spiro atoms. The number of aromatic nitrogens is 2. The number of carboxylic acids is 1. The first-order chi connectivity index (χ1) is 9.06. The van der Waals surface area contributed by atoms with Crippen LogP contribution in [0.1, 0.15) is 25.9 Å². The monoisotopic (exact) mass is 297 g/mol. The molecule has 2 aromatic rings. The number of hydrogen-bond donors (Lipinski definition) is 2. The molecule has 0 radical (unpaired) electrons. The van der Waals surface area contributed by atoms with E-state index in [4.69, 9.17) is 16.7 Å². The summed E-state index contributed by atoms with van der Waals surface area (Å²) < 4.78 is 0. The normalized spacial score (nSPS) is 10.2. The highest BCUT2D eigenvalue weighted by Crippen LogP contribution is 2.10. The molecule has 0 unspecified atom stereocenters. The van der Waals surface area contributed by atoms with Crippen molar-refractivity contribution in [1.29, 1.82) is 0 Å². The maximum absolute atomic E-state index is 11.8. The van der Waals surface area contributed by atoms with Crippen molar-refractivity contribution in [2.24, 2.45) is 0 Å². The van der Waals surface area contributed by atoms with Gasteiger partial charge in [0, 0.05) is 17.1 Å². The zero-order valence-electron chi connectivity index (χ0n) is 9.46. The summed E-state index contributed by atoms with van der Waals surface area (Å²) in [5.74, 6) is -1.41. The summed E-state index contributed by atoms with van der Waals surface area (Å²) in [6, 6.07) is 2.98. The molecule has 0 fully saturated rings. The Labute approximate surface area is 117 Å². The van der Waals surface area contributed by atoms with Gasteiger partial charge in [0.2, 0.25) is 0 Å². The predicted molar refractivity (Wildman–Crippen MR) is 69.5 cm³/mol. The molecule has 2 N–H and O–H groups in total. The summed E-state index contributed by atoms with van der Waals surface area (Å²) in [5, 5.41) is 13.5. The van der Waals surface area contributed by atoms with Gasteiger partial charge in [-0.25, -0.2) is 14.8 Å². The lowest BCUT2D eigenvalue weighted by molar-refractivity contribution is 0.0691. The summed E-state index contributed by atoms with van der Waals surface area (Å²) >= 11 is 6.85. The van der Waals surface area contributed by atoms with Crippen LogP contribution in [0, 0.1) is 0 Å². The van der Waals surface area contributed by atoms with E-state index in [1.807, 2.05) is 0 Å². The Kier molecular flexibility index (Phi) is 4.08. The Hall–Kier alpha value is -1.99. The Morgan fingerprint density at radius 3 is 2.89 bits per heavy atom. The van der Waals surface area contributed by atoms with E-state index in [-0.39, 0.29) is 23.3 Å². The second-order valence-electron chi connectivity index (χ2n) is 3.48. The van der Waals surface area contributed by atoms with Crippen molar-refractivity contribution in [3.8, 4) is 0 Å². The molecule has 0 aliphatic rings. The SMILES string of the molecule is O=C(NCc1nc(C(=O)O)cs1)c1ccnc(Cl)c1. The average molecular weight is 298 g/mol. The van der Waals surface area contributed by atoms with Crippen LogP contribution in [0.4, 0.5) is 0 Å². The molecule has 98 valence electrons. The molecule has 0 saturated heterocycles. The molecule has 0 bridgehead atoms. The number of carbonyl (C=O) groups excluding carboxylic acids is 1. The maximum atomic E-state index is 11.8. The van der Waals surface area contributed by atoms with E-state index >= 15 is 0 Å². The van der Waals surface area contributed by atoms with Crippen molar-refractivity contribution in [2.75, 3.05) is 0 Å². The van der Waals surface area contributed by atoms with Crippen molar-refractivity contribution in [2.45, 2.75) is 6.54 Å². The molecule has 8 heteroatoms. The summed E-state index contributed by atoms with van der Waals surface area (Å²) in [6.45, 7) is 0.163. The molecule has 2 rings (SSSR count). The van der Waals surface area contributed by atoms with Crippen LogP contribution in [0.5, 0.6) is 0 Å². The molecular formula is C11H8ClN3O3S. The van der Waals surface area contributed by atoms with Gasteiger partial charge in [0.15, 0.2) is 5.69 Å². The first-order valence-corrected chi connectivity index (χ1v) is 6.39. The molecular weight excluding hydrogens is 290 g/mol. The van der Waals surface area contributed by atoms with Crippen molar-refractivity contribution in [3.05, 3.63) is 45.1 Å². The van der Waals surface area contributed by atoms with Crippen molar-refractivity contribution < 1.29 is 14.7 Å². The van der Waals surface area contributed by atoms with E-state index in [0.717, 1.165) is 0 Å². The predicted octanol–water partition coefficient (Wildman–Crippen LogP) is 1.82. The number of nitrogens with one attached hydrogen (secondary N) is 1. The van der Waals surface area contributed by atoms with E-state index in [0.29, 0.717) is 10.6 Å². The first-order valence-electron chi connectivity index (χ1n) is 5.13. The minimum absolute atomic E-state index is 0.0267. The topological polar surface area (TPSA) is 92.2 Å². The molecule has 0 saturated carbocycles. The van der Waals surface area contributed by atoms with Crippen LogP contribution in [0.2, 0.25) is 5.15 Å². The van der Waals surface area contributed by atoms with Crippen molar-refractivity contribution in [1.82, 2.24) is 15.3 Å². The van der Waals surface area contributed by atoms with Gasteiger partial charge in [-0.15, -0.1) is 11.3 Å². The van der Waals surface area contributed by atoms with Crippen LogP contribution in [0.3, 0.4) is 0 Å². The second-order valence-corrected chi connectivity index (χ2v) is 4.81. The zero-order valence-corrected chi connectivity index (χ0v) is 11.0. The third kappa shape index (κ3) is 3.49. The van der Waals surface area contributed by atoms with E-state index in [2.05, 4.69) is 15.3 Å². The van der Waals surface area contributed by atoms with Crippen LogP contribution in [0.15, 0.2) is 23.7 Å². The van der Waals surface area contributed by atoms with Crippen LogP contribution >= 0.6 is 22.9 Å². The van der Waals surface area contributed by atoms with Gasteiger partial charge >= 0.3 is 5.97 Å². The Morgan fingerprint density at radius 2 is 2.26 bits per heavy atom. The molecule has 2 aromatic heterocycles. The van der Waals surface area contributed by atoms with Gasteiger partial charge < -0.3 is 10.4 Å². The van der Waals surface area contributed by atoms with Gasteiger partial charge in [-0.2, -0.15) is 0 Å². The van der Waals surface area contributed by atoms with E-state index in [1.165, 1.54) is 35.0 Å². The average Bonchev–Trinajstić information content (AvgIpc) is 2.85. The molecule has 1 amide bonds. The number of rotatable bonds is 4. The fraction of sp³-hybridized carbons (Fsp3) is 0.0909. The van der Waals surface area contributed by atoms with Gasteiger partial charge in [-0.3, -0.25) is 4.79 Å². The summed E-state index contributed by atoms with van der Waals surface area (Å²) in [5.41, 5.74) is 0.358. The highest BCUT2D eigenvalue weighted by molar-refractivity contribution is 7.09. The van der Waals surface area contributed by atoms with Gasteiger partial charge in [0.25, 0.3) is 5.91 Å². The van der Waals surface area contributed by atoms with Crippen LogP contribution in [0.25, 0.3) is 0 Å². The smallest absolute Gasteiger partial charge is 0.355 e. The Balaban J connectivity index is 1.98. The molecule has 19 heavy (non-hydrogen) atoms. The summed E-state index contributed by atoms with van der Waals surface area (Å²) in [6.07, 6.45) is 1.43. The number of hydrogen-bond acceptors (Lipinski definition) is 5. The Bertz CT molecular complexity index is 629. The highest BCUT2D eigenvalue weighted by Gasteiger charge is 2.10. The lowest BCUT2D eigenvalue weighted by Gasteiger charge is -2.02. The van der Waals surface area contributed by atoms with Gasteiger partial charge in [-0.1, -0.05) is 11.6 Å². The largest absolute Gasteiger partial charge is 0.476 e. The van der Waals surface area contributed by atoms with Crippen LogP contribution < -0.4 is 5.32 Å². The Morgan fingerprint density at radius 1 is 1.47 bits per heavy atom. The second kappa shape index (κ2) is 5.77. The van der Waals surface area contributed by atoms with E-state index in [9.17, 15) is 9.59 Å². The molecule has 2 heterocycles. The number of aromatic carboxylic acids is 1. The van der Waals surface area contributed by atoms with Gasteiger partial charge in [0.1, 0.15) is 10.2 Å². The number of nitrogens with zero attached hydrogens (tertiary/aromatic N) is 2. The minimum Gasteiger partial charge on any atom is -0.476 e. The third-order valence-electron chi connectivity index (χ3n) is 2.16. The minimum atomic E-state index is -1.09.